The Morgan fingerprint density at radius 3 is 2.06 bits per heavy atom. The fourth-order valence-electron chi connectivity index (χ4n) is 1.68. The monoisotopic (exact) mass is 238 g/mol. The van der Waals surface area contributed by atoms with E-state index in [9.17, 15) is 5.11 Å². The Kier molecular flexibility index (Phi) is 3.88. The Hall–Kier alpha value is -2.40. The second kappa shape index (κ2) is 5.79. The molecule has 0 saturated carbocycles. The fourth-order valence-corrected chi connectivity index (χ4v) is 1.68. The largest absolute Gasteiger partial charge is 0.508 e. The number of aromatic hydroxyl groups is 1. The zero-order valence-corrected chi connectivity index (χ0v) is 9.97. The first-order chi connectivity index (χ1) is 8.78. The second-order valence-corrected chi connectivity index (χ2v) is 3.98. The van der Waals surface area contributed by atoms with Crippen molar-refractivity contribution in [3.05, 3.63) is 59.7 Å². The molecular weight excluding hydrogens is 224 g/mol. The van der Waals surface area contributed by atoms with Gasteiger partial charge in [0.15, 0.2) is 0 Å². The van der Waals surface area contributed by atoms with Crippen LogP contribution in [-0.2, 0) is 6.42 Å². The lowest BCUT2D eigenvalue weighted by Crippen LogP contribution is -1.94. The van der Waals surface area contributed by atoms with Crippen molar-refractivity contribution in [2.24, 2.45) is 0 Å². The lowest BCUT2D eigenvalue weighted by Gasteiger charge is -2.05. The van der Waals surface area contributed by atoms with Crippen molar-refractivity contribution >= 4 is 0 Å². The molecule has 0 fully saturated rings. The molecule has 0 atom stereocenters. The predicted octanol–water partition coefficient (Wildman–Crippen LogP) is 3.00. The SMILES string of the molecule is C#CCOc1ccc(Cc2ccc(O)cc2)cc1. The van der Waals surface area contributed by atoms with Crippen LogP contribution in [0.2, 0.25) is 0 Å². The maximum absolute atomic E-state index is 9.21. The first-order valence-electron chi connectivity index (χ1n) is 5.71. The highest BCUT2D eigenvalue weighted by molar-refractivity contribution is 5.33. The Bertz CT molecular complexity index is 533. The lowest BCUT2D eigenvalue weighted by molar-refractivity contribution is 0.370. The summed E-state index contributed by atoms with van der Waals surface area (Å²) in [6.45, 7) is 0.289. The van der Waals surface area contributed by atoms with Crippen LogP contribution in [0, 0.1) is 12.3 Å². The third-order valence-corrected chi connectivity index (χ3v) is 2.59. The first-order valence-corrected chi connectivity index (χ1v) is 5.71. The molecule has 0 unspecified atom stereocenters. The Morgan fingerprint density at radius 1 is 0.944 bits per heavy atom. The van der Waals surface area contributed by atoms with Gasteiger partial charge in [0.05, 0.1) is 0 Å². The van der Waals surface area contributed by atoms with Crippen molar-refractivity contribution < 1.29 is 9.84 Å². The first kappa shape index (κ1) is 12.1. The van der Waals surface area contributed by atoms with Crippen LogP contribution < -0.4 is 4.74 Å². The van der Waals surface area contributed by atoms with Gasteiger partial charge < -0.3 is 9.84 Å². The van der Waals surface area contributed by atoms with E-state index in [1.807, 2.05) is 36.4 Å². The normalized spacial score (nSPS) is 9.72. The van der Waals surface area contributed by atoms with Crippen LogP contribution in [0.25, 0.3) is 0 Å². The summed E-state index contributed by atoms with van der Waals surface area (Å²) in [5.41, 5.74) is 2.35. The highest BCUT2D eigenvalue weighted by Crippen LogP contribution is 2.17. The molecule has 2 rings (SSSR count). The standard InChI is InChI=1S/C16H14O2/c1-2-11-18-16-9-5-14(6-10-16)12-13-3-7-15(17)8-4-13/h1,3-10,17H,11-12H2. The van der Waals surface area contributed by atoms with E-state index in [1.165, 1.54) is 5.56 Å². The minimum atomic E-state index is 0.289. The summed E-state index contributed by atoms with van der Waals surface area (Å²) >= 11 is 0. The number of ether oxygens (including phenoxy) is 1. The van der Waals surface area contributed by atoms with Crippen molar-refractivity contribution in [1.29, 1.82) is 0 Å². The van der Waals surface area contributed by atoms with Gasteiger partial charge in [0.1, 0.15) is 18.1 Å². The van der Waals surface area contributed by atoms with Crippen LogP contribution in [0.1, 0.15) is 11.1 Å². The van der Waals surface area contributed by atoms with Crippen LogP contribution >= 0.6 is 0 Å². The van der Waals surface area contributed by atoms with Crippen molar-refractivity contribution in [2.45, 2.75) is 6.42 Å². The van der Waals surface area contributed by atoms with Crippen molar-refractivity contribution in [1.82, 2.24) is 0 Å². The van der Waals surface area contributed by atoms with Gasteiger partial charge in [0, 0.05) is 0 Å². The van der Waals surface area contributed by atoms with Gasteiger partial charge in [-0.15, -0.1) is 6.42 Å². The zero-order chi connectivity index (χ0) is 12.8. The number of benzene rings is 2. The quantitative estimate of drug-likeness (QED) is 0.830. The molecule has 0 spiro atoms. The average molecular weight is 238 g/mol. The topological polar surface area (TPSA) is 29.5 Å². The smallest absolute Gasteiger partial charge is 0.148 e. The van der Waals surface area contributed by atoms with E-state index in [-0.39, 0.29) is 12.4 Å². The molecule has 2 heteroatoms. The van der Waals surface area contributed by atoms with E-state index in [0.29, 0.717) is 0 Å². The van der Waals surface area contributed by atoms with Gasteiger partial charge in [-0.05, 0) is 41.8 Å². The molecule has 0 saturated heterocycles. The Balaban J connectivity index is 2.02. The minimum absolute atomic E-state index is 0.289. The molecule has 0 aliphatic rings. The van der Waals surface area contributed by atoms with Crippen LogP contribution in [0.15, 0.2) is 48.5 Å². The summed E-state index contributed by atoms with van der Waals surface area (Å²) in [4.78, 5) is 0. The second-order valence-electron chi connectivity index (χ2n) is 3.98. The number of terminal acetylenes is 1. The summed E-state index contributed by atoms with van der Waals surface area (Å²) in [5.74, 6) is 3.50. The zero-order valence-electron chi connectivity index (χ0n) is 9.97. The number of phenols is 1. The maximum Gasteiger partial charge on any atom is 0.148 e. The Morgan fingerprint density at radius 2 is 1.50 bits per heavy atom. The number of phenolic OH excluding ortho intramolecular Hbond substituents is 1. The maximum atomic E-state index is 9.21. The van der Waals surface area contributed by atoms with Gasteiger partial charge in [-0.25, -0.2) is 0 Å². The molecule has 1 N–H and O–H groups in total. The van der Waals surface area contributed by atoms with E-state index in [2.05, 4.69) is 5.92 Å². The van der Waals surface area contributed by atoms with Gasteiger partial charge in [0.2, 0.25) is 0 Å². The number of rotatable bonds is 4. The summed E-state index contributed by atoms with van der Waals surface area (Å²) in [7, 11) is 0. The molecule has 0 aliphatic heterocycles. The van der Waals surface area contributed by atoms with Gasteiger partial charge in [-0.3, -0.25) is 0 Å². The van der Waals surface area contributed by atoms with Gasteiger partial charge in [-0.1, -0.05) is 30.2 Å². The van der Waals surface area contributed by atoms with E-state index >= 15 is 0 Å². The predicted molar refractivity (Wildman–Crippen MR) is 71.7 cm³/mol. The van der Waals surface area contributed by atoms with Crippen LogP contribution in [0.5, 0.6) is 11.5 Å². The molecule has 0 amide bonds. The molecule has 0 bridgehead atoms. The minimum Gasteiger partial charge on any atom is -0.508 e. The van der Waals surface area contributed by atoms with Crippen molar-refractivity contribution in [2.75, 3.05) is 6.61 Å². The molecule has 2 aromatic rings. The molecule has 0 radical (unpaired) electrons. The van der Waals surface area contributed by atoms with Crippen LogP contribution in [-0.4, -0.2) is 11.7 Å². The molecule has 0 aromatic heterocycles. The highest BCUT2D eigenvalue weighted by atomic mass is 16.5. The molecule has 18 heavy (non-hydrogen) atoms. The van der Waals surface area contributed by atoms with Crippen LogP contribution in [0.3, 0.4) is 0 Å². The van der Waals surface area contributed by atoms with E-state index in [4.69, 9.17) is 11.2 Å². The molecule has 0 heterocycles. The summed E-state index contributed by atoms with van der Waals surface area (Å²) in [5, 5.41) is 9.21. The average Bonchev–Trinajstić information content (AvgIpc) is 2.41. The lowest BCUT2D eigenvalue weighted by atomic mass is 10.0. The molecule has 2 aromatic carbocycles. The van der Waals surface area contributed by atoms with Gasteiger partial charge >= 0.3 is 0 Å². The highest BCUT2D eigenvalue weighted by Gasteiger charge is 1.98. The van der Waals surface area contributed by atoms with Crippen LogP contribution in [0.4, 0.5) is 0 Å². The summed E-state index contributed by atoms with van der Waals surface area (Å²) in [6.07, 6.45) is 5.95. The molecule has 2 nitrogen and oxygen atoms in total. The number of hydrogen-bond donors (Lipinski definition) is 1. The van der Waals surface area contributed by atoms with Gasteiger partial charge in [0.25, 0.3) is 0 Å². The third kappa shape index (κ3) is 3.29. The summed E-state index contributed by atoms with van der Waals surface area (Å²) in [6, 6.07) is 15.1. The van der Waals surface area contributed by atoms with E-state index < -0.39 is 0 Å². The molecule has 0 aliphatic carbocycles. The summed E-state index contributed by atoms with van der Waals surface area (Å²) < 4.78 is 5.31. The molecule has 90 valence electrons. The van der Waals surface area contributed by atoms with Gasteiger partial charge in [-0.2, -0.15) is 0 Å². The van der Waals surface area contributed by atoms with Crippen molar-refractivity contribution in [3.63, 3.8) is 0 Å². The Labute approximate surface area is 107 Å². The van der Waals surface area contributed by atoms with Crippen molar-refractivity contribution in [3.8, 4) is 23.8 Å². The van der Waals surface area contributed by atoms with E-state index in [1.54, 1.807) is 12.1 Å². The van der Waals surface area contributed by atoms with E-state index in [0.717, 1.165) is 17.7 Å². The molecular formula is C16H14O2. The number of hydrogen-bond acceptors (Lipinski definition) is 2. The third-order valence-electron chi connectivity index (χ3n) is 2.59. The fraction of sp³-hybridized carbons (Fsp3) is 0.125.